The fourth-order valence-corrected chi connectivity index (χ4v) is 3.58. The molecule has 0 aliphatic heterocycles. The number of likely N-dealkylation sites (N-methyl/N-ethyl adjacent to an activating group) is 2. The van der Waals surface area contributed by atoms with Gasteiger partial charge in [-0.15, -0.1) is 0 Å². The number of hydrogen-bond donors (Lipinski definition) is 1. The molecule has 0 spiro atoms. The van der Waals surface area contributed by atoms with Crippen molar-refractivity contribution in [3.63, 3.8) is 0 Å². The molecule has 0 fully saturated rings. The Kier molecular flexibility index (Phi) is 12.0. The van der Waals surface area contributed by atoms with Gasteiger partial charge in [0.25, 0.3) is 11.4 Å². The quantitative estimate of drug-likeness (QED) is 0.183. The molecule has 0 atom stereocenters. The molecule has 0 aromatic heterocycles. The molecule has 16 heteroatoms. The Bertz CT molecular complexity index is 1510. The van der Waals surface area contributed by atoms with Gasteiger partial charge in [-0.05, 0) is 53.6 Å². The summed E-state index contributed by atoms with van der Waals surface area (Å²) in [5.41, 5.74) is 0.920. The lowest BCUT2D eigenvalue weighted by atomic mass is 10.2. The second-order valence-electron chi connectivity index (χ2n) is 9.46. The predicted molar refractivity (Wildman–Crippen MR) is 156 cm³/mol. The molecule has 0 saturated heterocycles. The predicted octanol–water partition coefficient (Wildman–Crippen LogP) is 4.50. The highest BCUT2D eigenvalue weighted by Crippen LogP contribution is 2.28. The first kappa shape index (κ1) is 33.6. The van der Waals surface area contributed by atoms with Crippen LogP contribution in [0.3, 0.4) is 0 Å². The molecule has 0 saturated carbocycles. The smallest absolute Gasteiger partial charge is 0.409 e. The highest BCUT2D eigenvalue weighted by molar-refractivity contribution is 5.88. The van der Waals surface area contributed by atoms with Crippen LogP contribution in [0.25, 0.3) is 0 Å². The van der Waals surface area contributed by atoms with Crippen molar-refractivity contribution < 1.29 is 48.3 Å². The number of carboxylic acids is 1. The summed E-state index contributed by atoms with van der Waals surface area (Å²) in [5.74, 6) is -0.879. The van der Waals surface area contributed by atoms with Crippen LogP contribution >= 0.6 is 0 Å². The number of amides is 2. The van der Waals surface area contributed by atoms with Crippen molar-refractivity contribution in [1.29, 1.82) is 0 Å². The van der Waals surface area contributed by atoms with Gasteiger partial charge in [-0.25, -0.2) is 14.4 Å². The molecular weight excluding hydrogens is 596 g/mol. The average Bonchev–Trinajstić information content (AvgIpc) is 3.03. The number of rotatable bonds is 15. The van der Waals surface area contributed by atoms with E-state index in [2.05, 4.69) is 0 Å². The summed E-state index contributed by atoms with van der Waals surface area (Å²) in [6, 6.07) is 15.2. The number of benzene rings is 3. The van der Waals surface area contributed by atoms with Crippen LogP contribution in [-0.2, 0) is 22.7 Å². The number of carbonyl (C=O) groups excluding carboxylic acids is 2. The van der Waals surface area contributed by atoms with E-state index in [-0.39, 0.29) is 68.0 Å². The zero-order chi connectivity index (χ0) is 32.9. The van der Waals surface area contributed by atoms with Gasteiger partial charge in [0.15, 0.2) is 11.5 Å². The number of carboxylic acid groups (broad SMARTS) is 1. The van der Waals surface area contributed by atoms with Crippen molar-refractivity contribution in [2.24, 2.45) is 0 Å². The Balaban J connectivity index is 1.47. The molecule has 0 radical (unpaired) electrons. The Labute approximate surface area is 256 Å². The minimum absolute atomic E-state index is 0.000776. The number of carbonyl (C=O) groups is 3. The molecule has 3 aromatic carbocycles. The van der Waals surface area contributed by atoms with Gasteiger partial charge in [0.2, 0.25) is 0 Å². The van der Waals surface area contributed by atoms with Crippen LogP contribution in [0.1, 0.15) is 21.5 Å². The fourth-order valence-electron chi connectivity index (χ4n) is 3.58. The monoisotopic (exact) mass is 626 g/mol. The summed E-state index contributed by atoms with van der Waals surface area (Å²) in [6.45, 7) is -0.0602. The van der Waals surface area contributed by atoms with Crippen molar-refractivity contribution in [2.45, 2.75) is 13.2 Å². The van der Waals surface area contributed by atoms with Crippen LogP contribution in [0.15, 0.2) is 66.7 Å². The van der Waals surface area contributed by atoms with Crippen molar-refractivity contribution in [2.75, 3.05) is 40.4 Å². The molecule has 0 bridgehead atoms. The van der Waals surface area contributed by atoms with Gasteiger partial charge in [0.05, 0.1) is 28.5 Å². The van der Waals surface area contributed by atoms with E-state index in [0.29, 0.717) is 11.1 Å². The fraction of sp³-hybridized carbons (Fsp3) is 0.276. The van der Waals surface area contributed by atoms with Gasteiger partial charge >= 0.3 is 18.2 Å². The van der Waals surface area contributed by atoms with Crippen LogP contribution < -0.4 is 9.47 Å². The number of nitro benzene ring substituents is 2. The van der Waals surface area contributed by atoms with E-state index in [1.54, 1.807) is 0 Å². The highest BCUT2D eigenvalue weighted by Gasteiger charge is 2.16. The third kappa shape index (κ3) is 10.4. The first-order valence-electron chi connectivity index (χ1n) is 13.3. The third-order valence-electron chi connectivity index (χ3n) is 6.20. The molecule has 16 nitrogen and oxygen atoms in total. The van der Waals surface area contributed by atoms with Gasteiger partial charge in [0.1, 0.15) is 26.4 Å². The molecule has 0 heterocycles. The van der Waals surface area contributed by atoms with Crippen LogP contribution in [-0.4, -0.2) is 83.3 Å². The summed E-state index contributed by atoms with van der Waals surface area (Å²) in [7, 11) is 2.96. The Morgan fingerprint density at radius 3 is 1.51 bits per heavy atom. The summed E-state index contributed by atoms with van der Waals surface area (Å²) in [6.07, 6.45) is -1.32. The lowest BCUT2D eigenvalue weighted by Crippen LogP contribution is -2.32. The topological polar surface area (TPSA) is 201 Å². The first-order valence-corrected chi connectivity index (χ1v) is 13.3. The summed E-state index contributed by atoms with van der Waals surface area (Å²) < 4.78 is 21.9. The largest absolute Gasteiger partial charge is 0.488 e. The van der Waals surface area contributed by atoms with Gasteiger partial charge in [-0.3, -0.25) is 20.2 Å². The maximum atomic E-state index is 12.3. The first-order chi connectivity index (χ1) is 21.4. The molecule has 3 rings (SSSR count). The van der Waals surface area contributed by atoms with E-state index in [0.717, 1.165) is 0 Å². The van der Waals surface area contributed by atoms with Crippen molar-refractivity contribution in [3.8, 4) is 11.5 Å². The van der Waals surface area contributed by atoms with E-state index in [1.165, 1.54) is 90.6 Å². The van der Waals surface area contributed by atoms with E-state index >= 15 is 0 Å². The molecular formula is C29H30N4O12. The minimum atomic E-state index is -1.19. The van der Waals surface area contributed by atoms with Gasteiger partial charge in [-0.1, -0.05) is 0 Å². The van der Waals surface area contributed by atoms with E-state index in [4.69, 9.17) is 18.9 Å². The lowest BCUT2D eigenvalue weighted by molar-refractivity contribution is -0.385. The molecule has 0 unspecified atom stereocenters. The number of hydrogen-bond acceptors (Lipinski definition) is 11. The number of nitro groups is 2. The normalized spacial score (nSPS) is 10.4. The van der Waals surface area contributed by atoms with E-state index in [1.807, 2.05) is 0 Å². The zero-order valence-electron chi connectivity index (χ0n) is 24.3. The maximum Gasteiger partial charge on any atom is 0.409 e. The molecule has 238 valence electrons. The Morgan fingerprint density at radius 1 is 0.689 bits per heavy atom. The summed E-state index contributed by atoms with van der Waals surface area (Å²) in [4.78, 5) is 59.1. The minimum Gasteiger partial charge on any atom is -0.488 e. The van der Waals surface area contributed by atoms with Crippen LogP contribution in [0.5, 0.6) is 11.5 Å². The SMILES string of the molecule is CN(CCOc1ccc(C(=O)O)cc1OCCN(C)C(=O)OCc1ccc([N+](=O)[O-])cc1)C(=O)OCc1ccc([N+](=O)[O-])cc1. The molecule has 1 N–H and O–H groups in total. The number of ether oxygens (including phenoxy) is 4. The third-order valence-corrected chi connectivity index (χ3v) is 6.20. The number of aromatic carboxylic acids is 1. The maximum absolute atomic E-state index is 12.3. The summed E-state index contributed by atoms with van der Waals surface area (Å²) in [5, 5.41) is 30.9. The second kappa shape index (κ2) is 16.1. The van der Waals surface area contributed by atoms with Gasteiger partial charge in [-0.2, -0.15) is 0 Å². The molecule has 3 aromatic rings. The second-order valence-corrected chi connectivity index (χ2v) is 9.46. The number of nitrogens with zero attached hydrogens (tertiary/aromatic N) is 4. The lowest BCUT2D eigenvalue weighted by Gasteiger charge is -2.20. The van der Waals surface area contributed by atoms with Crippen LogP contribution in [0, 0.1) is 20.2 Å². The zero-order valence-corrected chi connectivity index (χ0v) is 24.3. The van der Waals surface area contributed by atoms with Crippen LogP contribution in [0.2, 0.25) is 0 Å². The van der Waals surface area contributed by atoms with Crippen LogP contribution in [0.4, 0.5) is 21.0 Å². The average molecular weight is 627 g/mol. The Morgan fingerprint density at radius 2 is 1.11 bits per heavy atom. The molecule has 0 aliphatic carbocycles. The Hall–Kier alpha value is -5.93. The molecule has 45 heavy (non-hydrogen) atoms. The highest BCUT2D eigenvalue weighted by atomic mass is 16.6. The molecule has 2 amide bonds. The van der Waals surface area contributed by atoms with Gasteiger partial charge in [0, 0.05) is 38.4 Å². The molecule has 0 aliphatic rings. The van der Waals surface area contributed by atoms with Crippen molar-refractivity contribution in [3.05, 3.63) is 104 Å². The van der Waals surface area contributed by atoms with Gasteiger partial charge < -0.3 is 33.9 Å². The van der Waals surface area contributed by atoms with Crippen molar-refractivity contribution >= 4 is 29.5 Å². The van der Waals surface area contributed by atoms with Crippen molar-refractivity contribution in [1.82, 2.24) is 9.80 Å². The van der Waals surface area contributed by atoms with E-state index in [9.17, 15) is 39.7 Å². The standard InChI is InChI=1S/C29H30N4O12/c1-30(28(36)44-18-20-3-8-23(9-4-20)32(38)39)13-15-42-25-12-7-22(27(34)35)17-26(25)43-16-14-31(2)29(37)45-19-21-5-10-24(11-6-21)33(40)41/h3-12,17H,13-16,18-19H2,1-2H3,(H,34,35). The van der Waals surface area contributed by atoms with E-state index < -0.39 is 28.0 Å². The summed E-state index contributed by atoms with van der Waals surface area (Å²) >= 11 is 0. The number of non-ortho nitro benzene ring substituents is 2.